The Morgan fingerprint density at radius 2 is 1.65 bits per heavy atom. The lowest BCUT2D eigenvalue weighted by molar-refractivity contribution is -0.893. The van der Waals surface area contributed by atoms with Gasteiger partial charge in [0.25, 0.3) is 15.9 Å². The van der Waals surface area contributed by atoms with E-state index in [0.29, 0.717) is 37.1 Å². The summed E-state index contributed by atoms with van der Waals surface area (Å²) >= 11 is 6.94. The SMILES string of the molecule is O=C(C[NH+]1CCCCCCC1)N1CCN(S(=O)(=O)c2ccc(Cl)s2)CC1. The lowest BCUT2D eigenvalue weighted by Crippen LogP contribution is -3.13. The predicted molar refractivity (Wildman–Crippen MR) is 103 cm³/mol. The minimum Gasteiger partial charge on any atom is -0.335 e. The number of sulfonamides is 1. The molecule has 1 aromatic heterocycles. The number of thiophene rings is 1. The van der Waals surface area contributed by atoms with Crippen molar-refractivity contribution in [2.24, 2.45) is 0 Å². The van der Waals surface area contributed by atoms with Crippen LogP contribution in [0.3, 0.4) is 0 Å². The molecule has 0 saturated carbocycles. The first-order chi connectivity index (χ1) is 12.5. The fourth-order valence-corrected chi connectivity index (χ4v) is 6.71. The van der Waals surface area contributed by atoms with Crippen molar-refractivity contribution in [3.05, 3.63) is 16.5 Å². The van der Waals surface area contributed by atoms with E-state index in [1.165, 1.54) is 41.3 Å². The zero-order chi connectivity index (χ0) is 18.6. The number of halogens is 1. The quantitative estimate of drug-likeness (QED) is 0.792. The summed E-state index contributed by atoms with van der Waals surface area (Å²) in [6.07, 6.45) is 6.23. The molecule has 2 aliphatic rings. The molecule has 9 heteroatoms. The molecule has 0 radical (unpaired) electrons. The number of carbonyl (C=O) groups is 1. The zero-order valence-corrected chi connectivity index (χ0v) is 17.3. The first kappa shape index (κ1) is 20.1. The monoisotopic (exact) mass is 420 g/mol. The summed E-state index contributed by atoms with van der Waals surface area (Å²) in [5, 5.41) is 0. The van der Waals surface area contributed by atoms with Crippen LogP contribution in [0.5, 0.6) is 0 Å². The molecule has 3 heterocycles. The maximum Gasteiger partial charge on any atom is 0.277 e. The van der Waals surface area contributed by atoms with Gasteiger partial charge in [0, 0.05) is 26.2 Å². The summed E-state index contributed by atoms with van der Waals surface area (Å²) in [4.78, 5) is 15.8. The molecule has 0 atom stereocenters. The van der Waals surface area contributed by atoms with Crippen molar-refractivity contribution in [1.82, 2.24) is 9.21 Å². The molecule has 1 N–H and O–H groups in total. The molecule has 26 heavy (non-hydrogen) atoms. The smallest absolute Gasteiger partial charge is 0.277 e. The van der Waals surface area contributed by atoms with Crippen molar-refractivity contribution in [3.8, 4) is 0 Å². The largest absolute Gasteiger partial charge is 0.335 e. The lowest BCUT2D eigenvalue weighted by Gasteiger charge is -2.34. The van der Waals surface area contributed by atoms with Crippen molar-refractivity contribution in [3.63, 3.8) is 0 Å². The van der Waals surface area contributed by atoms with E-state index in [1.54, 1.807) is 12.1 Å². The van der Waals surface area contributed by atoms with Gasteiger partial charge >= 0.3 is 0 Å². The van der Waals surface area contributed by atoms with Crippen LogP contribution in [0.2, 0.25) is 4.34 Å². The van der Waals surface area contributed by atoms with Crippen molar-refractivity contribution >= 4 is 38.9 Å². The van der Waals surface area contributed by atoms with Crippen molar-refractivity contribution < 1.29 is 18.1 Å². The fourth-order valence-electron chi connectivity index (χ4n) is 3.65. The van der Waals surface area contributed by atoms with E-state index >= 15 is 0 Å². The topological polar surface area (TPSA) is 62.1 Å². The first-order valence-corrected chi connectivity index (χ1v) is 12.0. The van der Waals surface area contributed by atoms with E-state index in [-0.39, 0.29) is 10.1 Å². The highest BCUT2D eigenvalue weighted by atomic mass is 35.5. The predicted octanol–water partition coefficient (Wildman–Crippen LogP) is 1.08. The van der Waals surface area contributed by atoms with Crippen LogP contribution in [-0.2, 0) is 14.8 Å². The van der Waals surface area contributed by atoms with Crippen LogP contribution in [0, 0.1) is 0 Å². The average molecular weight is 421 g/mol. The first-order valence-electron chi connectivity index (χ1n) is 9.33. The van der Waals surface area contributed by atoms with Crippen molar-refractivity contribution in [2.75, 3.05) is 45.8 Å². The molecule has 0 unspecified atom stereocenters. The van der Waals surface area contributed by atoms with Crippen LogP contribution >= 0.6 is 22.9 Å². The van der Waals surface area contributed by atoms with Gasteiger partial charge in [-0.3, -0.25) is 4.79 Å². The third-order valence-electron chi connectivity index (χ3n) is 5.20. The minimum atomic E-state index is -3.50. The Bertz CT molecular complexity index is 707. The van der Waals surface area contributed by atoms with Crippen LogP contribution in [0.4, 0.5) is 0 Å². The summed E-state index contributed by atoms with van der Waals surface area (Å²) in [5.41, 5.74) is 0. The molecule has 1 amide bonds. The van der Waals surface area contributed by atoms with Crippen molar-refractivity contribution in [1.29, 1.82) is 0 Å². The van der Waals surface area contributed by atoms with E-state index in [2.05, 4.69) is 0 Å². The molecule has 0 aliphatic carbocycles. The number of carbonyl (C=O) groups excluding carboxylic acids is 1. The van der Waals surface area contributed by atoms with Gasteiger partial charge in [0.05, 0.1) is 17.4 Å². The second kappa shape index (κ2) is 9.01. The molecule has 2 fully saturated rings. The zero-order valence-electron chi connectivity index (χ0n) is 15.0. The highest BCUT2D eigenvalue weighted by molar-refractivity contribution is 7.91. The Labute approximate surface area is 164 Å². The summed E-state index contributed by atoms with van der Waals surface area (Å²) in [6, 6.07) is 3.15. The normalized spacial score (nSPS) is 21.3. The van der Waals surface area contributed by atoms with Gasteiger partial charge in [0.15, 0.2) is 6.54 Å². The molecule has 1 aromatic rings. The molecular formula is C17H27ClN3O3S2+. The molecule has 0 spiro atoms. The maximum absolute atomic E-state index is 12.6. The number of nitrogens with zero attached hydrogens (tertiary/aromatic N) is 2. The van der Waals surface area contributed by atoms with Gasteiger partial charge in [-0.2, -0.15) is 4.31 Å². The number of nitrogens with one attached hydrogen (secondary N) is 1. The Morgan fingerprint density at radius 3 is 2.23 bits per heavy atom. The Morgan fingerprint density at radius 1 is 1.04 bits per heavy atom. The summed E-state index contributed by atoms with van der Waals surface area (Å²) in [6.45, 7) is 4.29. The number of rotatable bonds is 4. The summed E-state index contributed by atoms with van der Waals surface area (Å²) in [7, 11) is -3.50. The van der Waals surface area contributed by atoms with Crippen LogP contribution in [0.25, 0.3) is 0 Å². The summed E-state index contributed by atoms with van der Waals surface area (Å²) in [5.74, 6) is 0.150. The van der Waals surface area contributed by atoms with Gasteiger partial charge in [-0.1, -0.05) is 18.0 Å². The third kappa shape index (κ3) is 4.98. The van der Waals surface area contributed by atoms with Crippen molar-refractivity contribution in [2.45, 2.75) is 36.3 Å². The van der Waals surface area contributed by atoms with Crippen LogP contribution < -0.4 is 4.90 Å². The Hall–Kier alpha value is -0.670. The van der Waals surface area contributed by atoms with Gasteiger partial charge in [0.2, 0.25) is 0 Å². The van der Waals surface area contributed by atoms with Gasteiger partial charge in [-0.15, -0.1) is 11.3 Å². The van der Waals surface area contributed by atoms with E-state index in [0.717, 1.165) is 24.4 Å². The summed E-state index contributed by atoms with van der Waals surface area (Å²) < 4.78 is 27.5. The Balaban J connectivity index is 1.52. The maximum atomic E-state index is 12.6. The number of likely N-dealkylation sites (tertiary alicyclic amines) is 1. The third-order valence-corrected chi connectivity index (χ3v) is 8.79. The van der Waals surface area contributed by atoms with E-state index in [9.17, 15) is 13.2 Å². The van der Waals surface area contributed by atoms with Gasteiger partial charge in [0.1, 0.15) is 4.21 Å². The molecule has 146 valence electrons. The second-order valence-electron chi connectivity index (χ2n) is 7.04. The van der Waals surface area contributed by atoms with E-state index in [4.69, 9.17) is 11.6 Å². The molecular weight excluding hydrogens is 394 g/mol. The molecule has 3 rings (SSSR count). The lowest BCUT2D eigenvalue weighted by atomic mass is 10.1. The Kier molecular flexibility index (Phi) is 6.96. The minimum absolute atomic E-state index is 0.150. The van der Waals surface area contributed by atoms with Crippen LogP contribution in [-0.4, -0.2) is 69.3 Å². The highest BCUT2D eigenvalue weighted by Gasteiger charge is 2.32. The van der Waals surface area contributed by atoms with Gasteiger partial charge < -0.3 is 9.80 Å². The van der Waals surface area contributed by atoms with Gasteiger partial charge in [-0.25, -0.2) is 8.42 Å². The van der Waals surface area contributed by atoms with E-state index in [1.807, 2.05) is 4.90 Å². The number of hydrogen-bond acceptors (Lipinski definition) is 4. The number of hydrogen-bond donors (Lipinski definition) is 1. The fraction of sp³-hybridized carbons (Fsp3) is 0.706. The average Bonchev–Trinajstić information content (AvgIpc) is 3.04. The van der Waals surface area contributed by atoms with E-state index < -0.39 is 10.0 Å². The molecule has 2 saturated heterocycles. The standard InChI is InChI=1S/C17H26ClN3O3S2/c18-15-6-7-17(25-15)26(23,24)21-12-10-20(11-13-21)16(22)14-19-8-4-2-1-3-5-9-19/h6-7H,1-5,8-14H2/p+1. The highest BCUT2D eigenvalue weighted by Crippen LogP contribution is 2.28. The molecule has 0 aromatic carbocycles. The second-order valence-corrected chi connectivity index (χ2v) is 10.9. The molecule has 2 aliphatic heterocycles. The molecule has 6 nitrogen and oxygen atoms in total. The number of quaternary nitrogens is 1. The van der Waals surface area contributed by atoms with Crippen LogP contribution in [0.15, 0.2) is 16.3 Å². The van der Waals surface area contributed by atoms with Crippen LogP contribution in [0.1, 0.15) is 32.1 Å². The number of amides is 1. The molecule has 0 bridgehead atoms. The number of piperazine rings is 1. The van der Waals surface area contributed by atoms with Gasteiger partial charge in [-0.05, 0) is 37.8 Å².